The van der Waals surface area contributed by atoms with Crippen molar-refractivity contribution in [2.75, 3.05) is 19.1 Å². The molecule has 5 heteroatoms. The maximum absolute atomic E-state index is 5.65. The third-order valence-electron chi connectivity index (χ3n) is 3.00. The Morgan fingerprint density at radius 3 is 2.75 bits per heavy atom. The van der Waals surface area contributed by atoms with Gasteiger partial charge in [0, 0.05) is 25.8 Å². The highest BCUT2D eigenvalue weighted by molar-refractivity contribution is 5.35. The topological polar surface area (TPSA) is 64.3 Å². The van der Waals surface area contributed by atoms with E-state index in [0.717, 1.165) is 22.7 Å². The van der Waals surface area contributed by atoms with Crippen LogP contribution in [0.1, 0.15) is 17.0 Å². The van der Waals surface area contributed by atoms with Gasteiger partial charge in [-0.1, -0.05) is 12.1 Å². The fourth-order valence-corrected chi connectivity index (χ4v) is 2.01. The Kier molecular flexibility index (Phi) is 4.53. The van der Waals surface area contributed by atoms with E-state index in [9.17, 15) is 0 Å². The van der Waals surface area contributed by atoms with E-state index in [1.165, 1.54) is 0 Å². The van der Waals surface area contributed by atoms with Gasteiger partial charge in [0.05, 0.1) is 12.8 Å². The maximum Gasteiger partial charge on any atom is 0.225 e. The lowest BCUT2D eigenvalue weighted by Crippen LogP contribution is -2.20. The van der Waals surface area contributed by atoms with E-state index >= 15 is 0 Å². The predicted octanol–water partition coefficient (Wildman–Crippen LogP) is 1.89. The van der Waals surface area contributed by atoms with Crippen molar-refractivity contribution < 1.29 is 4.74 Å². The highest BCUT2D eigenvalue weighted by Gasteiger charge is 2.08. The zero-order valence-electron chi connectivity index (χ0n) is 12.1. The molecule has 0 bridgehead atoms. The first-order valence-electron chi connectivity index (χ1n) is 6.51. The first-order chi connectivity index (χ1) is 9.62. The lowest BCUT2D eigenvalue weighted by molar-refractivity contribution is 0.414. The molecule has 1 aromatic heterocycles. The van der Waals surface area contributed by atoms with Crippen LogP contribution in [0.5, 0.6) is 5.75 Å². The van der Waals surface area contributed by atoms with E-state index in [2.05, 4.69) is 16.0 Å². The zero-order chi connectivity index (χ0) is 14.5. The van der Waals surface area contributed by atoms with E-state index in [1.807, 2.05) is 43.1 Å². The number of nitrogens with zero attached hydrogens (tertiary/aromatic N) is 3. The highest BCUT2D eigenvalue weighted by Crippen LogP contribution is 2.16. The van der Waals surface area contributed by atoms with Crippen molar-refractivity contribution >= 4 is 5.95 Å². The molecule has 0 spiro atoms. The Morgan fingerprint density at radius 1 is 1.25 bits per heavy atom. The average molecular weight is 272 g/mol. The fraction of sp³-hybridized carbons (Fsp3) is 0.333. The summed E-state index contributed by atoms with van der Waals surface area (Å²) in [5.41, 5.74) is 8.57. The number of methoxy groups -OCH3 is 1. The Labute approximate surface area is 119 Å². The lowest BCUT2D eigenvalue weighted by Gasteiger charge is -2.18. The van der Waals surface area contributed by atoms with Crippen molar-refractivity contribution in [1.29, 1.82) is 0 Å². The van der Waals surface area contributed by atoms with Crippen LogP contribution in [0.25, 0.3) is 0 Å². The van der Waals surface area contributed by atoms with Crippen LogP contribution in [-0.4, -0.2) is 24.1 Å². The van der Waals surface area contributed by atoms with Gasteiger partial charge in [0.15, 0.2) is 0 Å². The molecule has 1 aromatic carbocycles. The predicted molar refractivity (Wildman–Crippen MR) is 79.8 cm³/mol. The van der Waals surface area contributed by atoms with E-state index in [4.69, 9.17) is 10.5 Å². The summed E-state index contributed by atoms with van der Waals surface area (Å²) in [6.45, 7) is 3.08. The minimum atomic E-state index is 0.420. The van der Waals surface area contributed by atoms with Crippen LogP contribution in [0.4, 0.5) is 5.95 Å². The summed E-state index contributed by atoms with van der Waals surface area (Å²) in [4.78, 5) is 10.9. The normalized spacial score (nSPS) is 10.4. The van der Waals surface area contributed by atoms with Crippen LogP contribution in [0.15, 0.2) is 30.3 Å². The minimum absolute atomic E-state index is 0.420. The summed E-state index contributed by atoms with van der Waals surface area (Å²) in [5, 5.41) is 0. The number of rotatable bonds is 5. The Morgan fingerprint density at radius 2 is 2.05 bits per heavy atom. The first-order valence-corrected chi connectivity index (χ1v) is 6.51. The summed E-state index contributed by atoms with van der Waals surface area (Å²) >= 11 is 0. The van der Waals surface area contributed by atoms with Crippen molar-refractivity contribution in [2.45, 2.75) is 20.0 Å². The third-order valence-corrected chi connectivity index (χ3v) is 3.00. The van der Waals surface area contributed by atoms with E-state index in [1.54, 1.807) is 7.11 Å². The van der Waals surface area contributed by atoms with Gasteiger partial charge in [0.1, 0.15) is 5.75 Å². The third kappa shape index (κ3) is 3.45. The molecule has 1 heterocycles. The Hall–Kier alpha value is -2.14. The number of anilines is 1. The molecule has 0 radical (unpaired) electrons. The molecule has 20 heavy (non-hydrogen) atoms. The SMILES string of the molecule is COc1cccc(CN(C)c2nc(C)cc(CN)n2)c1. The largest absolute Gasteiger partial charge is 0.497 e. The molecule has 2 aromatic rings. The van der Waals surface area contributed by atoms with Gasteiger partial charge in [-0.2, -0.15) is 0 Å². The number of benzene rings is 1. The first kappa shape index (κ1) is 14.3. The van der Waals surface area contributed by atoms with Crippen LogP contribution in [0.2, 0.25) is 0 Å². The molecule has 0 unspecified atom stereocenters. The number of ether oxygens (including phenoxy) is 1. The summed E-state index contributed by atoms with van der Waals surface area (Å²) in [7, 11) is 3.63. The molecule has 2 N–H and O–H groups in total. The maximum atomic E-state index is 5.65. The quantitative estimate of drug-likeness (QED) is 0.900. The average Bonchev–Trinajstić information content (AvgIpc) is 2.46. The van der Waals surface area contributed by atoms with Gasteiger partial charge in [-0.15, -0.1) is 0 Å². The van der Waals surface area contributed by atoms with Gasteiger partial charge < -0.3 is 15.4 Å². The summed E-state index contributed by atoms with van der Waals surface area (Å²) in [6.07, 6.45) is 0. The van der Waals surface area contributed by atoms with E-state index < -0.39 is 0 Å². The molecule has 0 aliphatic heterocycles. The van der Waals surface area contributed by atoms with E-state index in [-0.39, 0.29) is 0 Å². The monoisotopic (exact) mass is 272 g/mol. The number of hydrogen-bond donors (Lipinski definition) is 1. The summed E-state index contributed by atoms with van der Waals surface area (Å²) in [5.74, 6) is 1.54. The summed E-state index contributed by atoms with van der Waals surface area (Å²) in [6, 6.07) is 9.88. The number of nitrogens with two attached hydrogens (primary N) is 1. The molecule has 5 nitrogen and oxygen atoms in total. The molecule has 0 saturated heterocycles. The van der Waals surface area contributed by atoms with Crippen molar-refractivity contribution in [1.82, 2.24) is 9.97 Å². The second-order valence-corrected chi connectivity index (χ2v) is 4.71. The molecular weight excluding hydrogens is 252 g/mol. The van der Waals surface area contributed by atoms with Crippen LogP contribution in [-0.2, 0) is 13.1 Å². The van der Waals surface area contributed by atoms with Gasteiger partial charge in [0.2, 0.25) is 5.95 Å². The van der Waals surface area contributed by atoms with Gasteiger partial charge >= 0.3 is 0 Å². The molecular formula is C15H20N4O. The minimum Gasteiger partial charge on any atom is -0.497 e. The molecule has 106 valence electrons. The molecule has 0 fully saturated rings. The van der Waals surface area contributed by atoms with Crippen LogP contribution in [0, 0.1) is 6.92 Å². The second-order valence-electron chi connectivity index (χ2n) is 4.71. The van der Waals surface area contributed by atoms with E-state index in [0.29, 0.717) is 19.0 Å². The fourth-order valence-electron chi connectivity index (χ4n) is 2.01. The van der Waals surface area contributed by atoms with Crippen molar-refractivity contribution in [2.24, 2.45) is 5.73 Å². The standard InChI is InChI=1S/C15H20N4O/c1-11-7-13(9-16)18-15(17-11)19(2)10-12-5-4-6-14(8-12)20-3/h4-8H,9-10,16H2,1-3H3. The summed E-state index contributed by atoms with van der Waals surface area (Å²) < 4.78 is 5.23. The van der Waals surface area contributed by atoms with Crippen molar-refractivity contribution in [3.63, 3.8) is 0 Å². The smallest absolute Gasteiger partial charge is 0.225 e. The second kappa shape index (κ2) is 6.34. The van der Waals surface area contributed by atoms with Crippen LogP contribution in [0.3, 0.4) is 0 Å². The lowest BCUT2D eigenvalue weighted by atomic mass is 10.2. The molecule has 2 rings (SSSR count). The van der Waals surface area contributed by atoms with Gasteiger partial charge in [-0.25, -0.2) is 9.97 Å². The Balaban J connectivity index is 2.18. The Bertz CT molecular complexity index is 586. The van der Waals surface area contributed by atoms with Gasteiger partial charge in [0.25, 0.3) is 0 Å². The molecule has 0 aliphatic rings. The molecule has 0 saturated carbocycles. The van der Waals surface area contributed by atoms with Crippen LogP contribution < -0.4 is 15.4 Å². The number of hydrogen-bond acceptors (Lipinski definition) is 5. The van der Waals surface area contributed by atoms with Crippen LogP contribution >= 0.6 is 0 Å². The molecule has 0 amide bonds. The van der Waals surface area contributed by atoms with Crippen molar-refractivity contribution in [3.8, 4) is 5.75 Å². The van der Waals surface area contributed by atoms with Crippen molar-refractivity contribution in [3.05, 3.63) is 47.3 Å². The van der Waals surface area contributed by atoms with Gasteiger partial charge in [-0.3, -0.25) is 0 Å². The highest BCUT2D eigenvalue weighted by atomic mass is 16.5. The number of aromatic nitrogens is 2. The zero-order valence-corrected chi connectivity index (χ0v) is 12.1. The molecule has 0 aliphatic carbocycles. The molecule has 0 atom stereocenters. The van der Waals surface area contributed by atoms with Gasteiger partial charge in [-0.05, 0) is 30.7 Å². The number of aryl methyl sites for hydroxylation is 1.